The molecular weight excluding hydrogens is 285 g/mol. The third kappa shape index (κ3) is 4.30. The second-order valence-electron chi connectivity index (χ2n) is 5.40. The van der Waals surface area contributed by atoms with E-state index in [4.69, 9.17) is 0 Å². The quantitative estimate of drug-likeness (QED) is 0.792. The van der Waals surface area contributed by atoms with Gasteiger partial charge in [0, 0.05) is 0 Å². The number of nitrogens with one attached hydrogen (secondary N) is 1. The molecule has 2 aromatic rings. The van der Waals surface area contributed by atoms with Crippen LogP contribution in [0, 0.1) is 5.82 Å². The van der Waals surface area contributed by atoms with Crippen molar-refractivity contribution >= 4 is 5.91 Å². The van der Waals surface area contributed by atoms with Crippen molar-refractivity contribution in [1.82, 2.24) is 5.32 Å². The minimum Gasteiger partial charge on any atom is -0.508 e. The molecule has 0 aromatic heterocycles. The van der Waals surface area contributed by atoms with Gasteiger partial charge in [-0.15, -0.1) is 0 Å². The maximum atomic E-state index is 12.9. The molecule has 3 N–H and O–H groups in total. The van der Waals surface area contributed by atoms with Crippen LogP contribution >= 0.6 is 0 Å². The van der Waals surface area contributed by atoms with Gasteiger partial charge in [0.15, 0.2) is 0 Å². The molecule has 0 spiro atoms. The van der Waals surface area contributed by atoms with Gasteiger partial charge in [0.25, 0.3) is 0 Å². The predicted octanol–water partition coefficient (Wildman–Crippen LogP) is 2.10. The lowest BCUT2D eigenvalue weighted by Gasteiger charge is -2.24. The topological polar surface area (TPSA) is 69.6 Å². The molecule has 0 bridgehead atoms. The Morgan fingerprint density at radius 3 is 2.32 bits per heavy atom. The summed E-state index contributed by atoms with van der Waals surface area (Å²) in [5.41, 5.74) is 0.00811. The van der Waals surface area contributed by atoms with Crippen molar-refractivity contribution in [1.29, 1.82) is 0 Å². The van der Waals surface area contributed by atoms with E-state index in [-0.39, 0.29) is 30.4 Å². The molecule has 1 amide bonds. The maximum Gasteiger partial charge on any atom is 0.224 e. The smallest absolute Gasteiger partial charge is 0.224 e. The van der Waals surface area contributed by atoms with Gasteiger partial charge in [0.1, 0.15) is 17.2 Å². The number of halogens is 1. The Morgan fingerprint density at radius 2 is 1.73 bits per heavy atom. The molecule has 1 atom stereocenters. The second kappa shape index (κ2) is 6.58. The highest BCUT2D eigenvalue weighted by Gasteiger charge is 2.23. The molecule has 0 aliphatic heterocycles. The Morgan fingerprint density at radius 1 is 1.14 bits per heavy atom. The van der Waals surface area contributed by atoms with Crippen molar-refractivity contribution < 1.29 is 19.4 Å². The first-order chi connectivity index (χ1) is 10.4. The Labute approximate surface area is 128 Å². The maximum absolute atomic E-state index is 12.9. The Bertz CT molecular complexity index is 636. The third-order valence-corrected chi connectivity index (χ3v) is 3.40. The highest BCUT2D eigenvalue weighted by molar-refractivity contribution is 5.78. The number of carbonyl (C=O) groups excluding carboxylic acids is 1. The number of benzene rings is 2. The molecule has 2 rings (SSSR count). The van der Waals surface area contributed by atoms with Gasteiger partial charge >= 0.3 is 0 Å². The van der Waals surface area contributed by atoms with Crippen molar-refractivity contribution in [3.05, 3.63) is 65.5 Å². The van der Waals surface area contributed by atoms with E-state index >= 15 is 0 Å². The van der Waals surface area contributed by atoms with Crippen LogP contribution in [0.1, 0.15) is 18.1 Å². The molecule has 22 heavy (non-hydrogen) atoms. The monoisotopic (exact) mass is 303 g/mol. The number of aromatic hydroxyl groups is 1. The van der Waals surface area contributed by atoms with Crippen LogP contribution in [0.3, 0.4) is 0 Å². The fourth-order valence-corrected chi connectivity index (χ4v) is 2.04. The van der Waals surface area contributed by atoms with Crippen molar-refractivity contribution in [3.63, 3.8) is 0 Å². The zero-order valence-electron chi connectivity index (χ0n) is 12.2. The number of rotatable bonds is 5. The van der Waals surface area contributed by atoms with Crippen LogP contribution in [-0.2, 0) is 16.8 Å². The summed E-state index contributed by atoms with van der Waals surface area (Å²) < 4.78 is 12.9. The van der Waals surface area contributed by atoms with Crippen LogP contribution in [0.2, 0.25) is 0 Å². The van der Waals surface area contributed by atoms with Gasteiger partial charge in [-0.1, -0.05) is 24.3 Å². The molecule has 0 aliphatic rings. The molecule has 4 nitrogen and oxygen atoms in total. The van der Waals surface area contributed by atoms with Crippen molar-refractivity contribution in [2.75, 3.05) is 6.54 Å². The number of carbonyl (C=O) groups is 1. The van der Waals surface area contributed by atoms with Crippen LogP contribution in [0.4, 0.5) is 4.39 Å². The summed E-state index contributed by atoms with van der Waals surface area (Å²) >= 11 is 0. The molecule has 1 unspecified atom stereocenters. The van der Waals surface area contributed by atoms with Crippen molar-refractivity contribution in [3.8, 4) is 5.75 Å². The van der Waals surface area contributed by atoms with Crippen molar-refractivity contribution in [2.24, 2.45) is 0 Å². The van der Waals surface area contributed by atoms with Crippen LogP contribution in [0.5, 0.6) is 5.75 Å². The fourth-order valence-electron chi connectivity index (χ4n) is 2.04. The lowest BCUT2D eigenvalue weighted by atomic mass is 9.96. The van der Waals surface area contributed by atoms with Crippen LogP contribution in [0.25, 0.3) is 0 Å². The zero-order chi connectivity index (χ0) is 16.2. The number of amides is 1. The highest BCUT2D eigenvalue weighted by Crippen LogP contribution is 2.20. The van der Waals surface area contributed by atoms with E-state index in [1.54, 1.807) is 19.1 Å². The highest BCUT2D eigenvalue weighted by atomic mass is 19.1. The SMILES string of the molecule is CC(O)(CNC(=O)Cc1ccc(O)cc1)c1ccc(F)cc1. The zero-order valence-corrected chi connectivity index (χ0v) is 12.2. The summed E-state index contributed by atoms with van der Waals surface area (Å²) in [5.74, 6) is -0.479. The van der Waals surface area contributed by atoms with Gasteiger partial charge in [0.05, 0.1) is 13.0 Å². The molecule has 0 fully saturated rings. The van der Waals surface area contributed by atoms with Gasteiger partial charge in [-0.3, -0.25) is 4.79 Å². The van der Waals surface area contributed by atoms with E-state index in [1.807, 2.05) is 0 Å². The van der Waals surface area contributed by atoms with Crippen LogP contribution in [-0.4, -0.2) is 22.7 Å². The van der Waals surface area contributed by atoms with E-state index in [1.165, 1.54) is 36.4 Å². The van der Waals surface area contributed by atoms with Crippen LogP contribution in [0.15, 0.2) is 48.5 Å². The van der Waals surface area contributed by atoms with Gasteiger partial charge in [0.2, 0.25) is 5.91 Å². The number of phenolic OH excluding ortho intramolecular Hbond substituents is 1. The first kappa shape index (κ1) is 16.0. The van der Waals surface area contributed by atoms with E-state index in [2.05, 4.69) is 5.32 Å². The average Bonchev–Trinajstić information content (AvgIpc) is 2.48. The van der Waals surface area contributed by atoms with E-state index in [9.17, 15) is 19.4 Å². The molecular formula is C17H18FNO3. The number of hydrogen-bond donors (Lipinski definition) is 3. The largest absolute Gasteiger partial charge is 0.508 e. The summed E-state index contributed by atoms with van der Waals surface area (Å²) in [4.78, 5) is 11.9. The summed E-state index contributed by atoms with van der Waals surface area (Å²) in [6.07, 6.45) is 0.153. The molecule has 0 heterocycles. The standard InChI is InChI=1S/C17H18FNO3/c1-17(22,13-4-6-14(18)7-5-13)11-19-16(21)10-12-2-8-15(20)9-3-12/h2-9,20,22H,10-11H2,1H3,(H,19,21). The second-order valence-corrected chi connectivity index (χ2v) is 5.40. The molecule has 5 heteroatoms. The number of phenols is 1. The molecule has 2 aromatic carbocycles. The summed E-state index contributed by atoms with van der Waals surface area (Å²) in [6, 6.07) is 11.8. The summed E-state index contributed by atoms with van der Waals surface area (Å²) in [5, 5.41) is 22.2. The Hall–Kier alpha value is -2.40. The van der Waals surface area contributed by atoms with Crippen molar-refractivity contribution in [2.45, 2.75) is 18.9 Å². The minimum atomic E-state index is -1.28. The minimum absolute atomic E-state index is 0.0234. The fraction of sp³-hybridized carbons (Fsp3) is 0.235. The first-order valence-corrected chi connectivity index (χ1v) is 6.90. The molecule has 0 aliphatic carbocycles. The number of hydrogen-bond acceptors (Lipinski definition) is 3. The third-order valence-electron chi connectivity index (χ3n) is 3.40. The van der Waals surface area contributed by atoms with E-state index < -0.39 is 5.60 Å². The Balaban J connectivity index is 1.92. The van der Waals surface area contributed by atoms with Crippen LogP contribution < -0.4 is 5.32 Å². The molecule has 0 saturated heterocycles. The van der Waals surface area contributed by atoms with Gasteiger partial charge < -0.3 is 15.5 Å². The van der Waals surface area contributed by atoms with Gasteiger partial charge in [-0.25, -0.2) is 4.39 Å². The number of aliphatic hydroxyl groups is 1. The van der Waals surface area contributed by atoms with Gasteiger partial charge in [-0.2, -0.15) is 0 Å². The lowest BCUT2D eigenvalue weighted by molar-refractivity contribution is -0.121. The first-order valence-electron chi connectivity index (χ1n) is 6.90. The Kier molecular flexibility index (Phi) is 4.78. The average molecular weight is 303 g/mol. The van der Waals surface area contributed by atoms with E-state index in [0.29, 0.717) is 5.56 Å². The predicted molar refractivity (Wildman–Crippen MR) is 80.8 cm³/mol. The normalized spacial score (nSPS) is 13.4. The summed E-state index contributed by atoms with van der Waals surface area (Å²) in [6.45, 7) is 1.58. The van der Waals surface area contributed by atoms with Gasteiger partial charge in [-0.05, 0) is 42.3 Å². The molecule has 116 valence electrons. The van der Waals surface area contributed by atoms with E-state index in [0.717, 1.165) is 5.56 Å². The molecule has 0 radical (unpaired) electrons. The summed E-state index contributed by atoms with van der Waals surface area (Å²) in [7, 11) is 0. The lowest BCUT2D eigenvalue weighted by Crippen LogP contribution is -2.39. The molecule has 0 saturated carbocycles.